The smallest absolute Gasteiger partial charge is 0.263 e. The van der Waals surface area contributed by atoms with Crippen LogP contribution in [0.1, 0.15) is 12.1 Å². The Balaban J connectivity index is 2.27. The molecule has 0 atom stereocenters. The van der Waals surface area contributed by atoms with E-state index < -0.39 is 0 Å². The van der Waals surface area contributed by atoms with Crippen LogP contribution in [0.3, 0.4) is 0 Å². The van der Waals surface area contributed by atoms with Crippen molar-refractivity contribution >= 4 is 11.0 Å². The number of aromatic nitrogens is 3. The van der Waals surface area contributed by atoms with Gasteiger partial charge in [-0.25, -0.2) is 4.98 Å². The van der Waals surface area contributed by atoms with Gasteiger partial charge in [0.2, 0.25) is 0 Å². The van der Waals surface area contributed by atoms with Gasteiger partial charge in [-0.1, -0.05) is 30.3 Å². The third kappa shape index (κ3) is 2.48. The van der Waals surface area contributed by atoms with E-state index in [4.69, 9.17) is 5.11 Å². The van der Waals surface area contributed by atoms with Gasteiger partial charge in [0.25, 0.3) is 5.56 Å². The van der Waals surface area contributed by atoms with Crippen LogP contribution in [-0.2, 0) is 6.54 Å². The topological polar surface area (TPSA) is 70.9 Å². The predicted octanol–water partition coefficient (Wildman–Crippen LogP) is 2.08. The minimum absolute atomic E-state index is 0.0465. The van der Waals surface area contributed by atoms with Crippen LogP contribution in [0.2, 0.25) is 0 Å². The fraction of sp³-hybridized carbons (Fsp3) is 0.250. The quantitative estimate of drug-likeness (QED) is 0.770. The normalized spacial score (nSPS) is 11.1. The third-order valence-corrected chi connectivity index (χ3v) is 3.45. The lowest BCUT2D eigenvalue weighted by atomic mass is 10.2. The molecule has 0 amide bonds. The van der Waals surface area contributed by atoms with Crippen molar-refractivity contribution in [3.63, 3.8) is 0 Å². The first kappa shape index (κ1) is 13.6. The van der Waals surface area contributed by atoms with Crippen molar-refractivity contribution in [2.24, 2.45) is 0 Å². The number of nitrogens with zero attached hydrogens (tertiary/aromatic N) is 2. The second kappa shape index (κ2) is 5.54. The second-order valence-corrected chi connectivity index (χ2v) is 5.05. The molecule has 0 unspecified atom stereocenters. The zero-order valence-electron chi connectivity index (χ0n) is 11.8. The minimum atomic E-state index is -0.0725. The molecule has 0 aliphatic heterocycles. The third-order valence-electron chi connectivity index (χ3n) is 3.45. The number of benzene rings is 1. The van der Waals surface area contributed by atoms with Crippen molar-refractivity contribution < 1.29 is 5.11 Å². The molecule has 3 rings (SSSR count). The van der Waals surface area contributed by atoms with E-state index in [9.17, 15) is 4.79 Å². The molecule has 0 aliphatic rings. The highest BCUT2D eigenvalue weighted by molar-refractivity contribution is 5.77. The fourth-order valence-corrected chi connectivity index (χ4v) is 2.48. The van der Waals surface area contributed by atoms with Gasteiger partial charge in [0.1, 0.15) is 11.5 Å². The lowest BCUT2D eigenvalue weighted by molar-refractivity contribution is 0.279. The Morgan fingerprint density at radius 1 is 1.29 bits per heavy atom. The number of rotatable bonds is 4. The fourth-order valence-electron chi connectivity index (χ4n) is 2.48. The van der Waals surface area contributed by atoms with Gasteiger partial charge in [-0.2, -0.15) is 0 Å². The first-order valence-corrected chi connectivity index (χ1v) is 6.97. The van der Waals surface area contributed by atoms with E-state index in [1.54, 1.807) is 4.57 Å². The van der Waals surface area contributed by atoms with E-state index >= 15 is 0 Å². The van der Waals surface area contributed by atoms with Crippen molar-refractivity contribution in [3.05, 3.63) is 52.4 Å². The summed E-state index contributed by atoms with van der Waals surface area (Å²) in [5, 5.41) is 9.64. The number of H-pyrrole nitrogens is 1. The highest BCUT2D eigenvalue weighted by atomic mass is 16.3. The molecule has 0 bridgehead atoms. The van der Waals surface area contributed by atoms with E-state index in [1.165, 1.54) is 0 Å². The van der Waals surface area contributed by atoms with Crippen molar-refractivity contribution in [3.8, 4) is 11.4 Å². The number of aliphatic hydroxyl groups is 1. The monoisotopic (exact) mass is 283 g/mol. The zero-order chi connectivity index (χ0) is 14.8. The Bertz CT molecular complexity index is 819. The van der Waals surface area contributed by atoms with Gasteiger partial charge in [0.15, 0.2) is 0 Å². The standard InChI is InChI=1S/C16H17N3O2/c1-11-10-13-14(17-11)18-15(12-6-3-2-4-7-12)19(16(13)21)8-5-9-20/h2-4,6-7,10,17,20H,5,8-9H2,1H3. The van der Waals surface area contributed by atoms with Gasteiger partial charge in [0.05, 0.1) is 5.39 Å². The van der Waals surface area contributed by atoms with Gasteiger partial charge in [0, 0.05) is 24.4 Å². The molecule has 5 heteroatoms. The van der Waals surface area contributed by atoms with Crippen LogP contribution < -0.4 is 5.56 Å². The number of fused-ring (bicyclic) bond motifs is 1. The highest BCUT2D eigenvalue weighted by Crippen LogP contribution is 2.19. The zero-order valence-corrected chi connectivity index (χ0v) is 11.8. The summed E-state index contributed by atoms with van der Waals surface area (Å²) in [6, 6.07) is 11.4. The SMILES string of the molecule is Cc1cc2c(=O)n(CCCO)c(-c3ccccc3)nc2[nH]1. The summed E-state index contributed by atoms with van der Waals surface area (Å²) in [6.07, 6.45) is 0.524. The van der Waals surface area contributed by atoms with E-state index in [0.29, 0.717) is 29.8 Å². The van der Waals surface area contributed by atoms with E-state index in [-0.39, 0.29) is 12.2 Å². The van der Waals surface area contributed by atoms with Crippen molar-refractivity contribution in [2.75, 3.05) is 6.61 Å². The van der Waals surface area contributed by atoms with Crippen LogP contribution in [0, 0.1) is 6.92 Å². The first-order valence-electron chi connectivity index (χ1n) is 6.97. The van der Waals surface area contributed by atoms with Gasteiger partial charge in [-0.3, -0.25) is 9.36 Å². The molecule has 0 saturated heterocycles. The molecule has 0 fully saturated rings. The highest BCUT2D eigenvalue weighted by Gasteiger charge is 2.13. The number of hydrogen-bond acceptors (Lipinski definition) is 3. The molecule has 108 valence electrons. The van der Waals surface area contributed by atoms with Crippen LogP contribution >= 0.6 is 0 Å². The van der Waals surface area contributed by atoms with Crippen molar-refractivity contribution in [2.45, 2.75) is 19.9 Å². The summed E-state index contributed by atoms with van der Waals surface area (Å²) in [5.74, 6) is 0.628. The van der Waals surface area contributed by atoms with Crippen LogP contribution in [-0.4, -0.2) is 26.2 Å². The van der Waals surface area contributed by atoms with Crippen LogP contribution in [0.15, 0.2) is 41.2 Å². The molecule has 5 nitrogen and oxygen atoms in total. The summed E-state index contributed by atoms with van der Waals surface area (Å²) < 4.78 is 1.64. The van der Waals surface area contributed by atoms with Gasteiger partial charge < -0.3 is 10.1 Å². The molecule has 1 aromatic carbocycles. The summed E-state index contributed by atoms with van der Waals surface area (Å²) >= 11 is 0. The Morgan fingerprint density at radius 3 is 2.76 bits per heavy atom. The van der Waals surface area contributed by atoms with Gasteiger partial charge in [-0.15, -0.1) is 0 Å². The summed E-state index contributed by atoms with van der Waals surface area (Å²) in [6.45, 7) is 2.40. The Kier molecular flexibility index (Phi) is 3.58. The number of aliphatic hydroxyl groups excluding tert-OH is 1. The average molecular weight is 283 g/mol. The summed E-state index contributed by atoms with van der Waals surface area (Å²) in [5.41, 5.74) is 2.34. The maximum absolute atomic E-state index is 12.7. The Hall–Kier alpha value is -2.40. The first-order chi connectivity index (χ1) is 10.2. The molecule has 0 aliphatic carbocycles. The van der Waals surface area contributed by atoms with Crippen LogP contribution in [0.4, 0.5) is 0 Å². The molecule has 3 aromatic rings. The van der Waals surface area contributed by atoms with E-state index in [2.05, 4.69) is 9.97 Å². The van der Waals surface area contributed by atoms with Crippen molar-refractivity contribution in [1.29, 1.82) is 0 Å². The maximum Gasteiger partial charge on any atom is 0.263 e. The molecular weight excluding hydrogens is 266 g/mol. The average Bonchev–Trinajstić information content (AvgIpc) is 2.88. The Labute approximate surface area is 121 Å². The molecular formula is C16H17N3O2. The molecule has 0 spiro atoms. The molecule has 2 aromatic heterocycles. The van der Waals surface area contributed by atoms with Gasteiger partial charge in [-0.05, 0) is 19.4 Å². The summed E-state index contributed by atoms with van der Waals surface area (Å²) in [4.78, 5) is 20.4. The molecule has 2 N–H and O–H groups in total. The second-order valence-electron chi connectivity index (χ2n) is 5.05. The largest absolute Gasteiger partial charge is 0.396 e. The summed E-state index contributed by atoms with van der Waals surface area (Å²) in [7, 11) is 0. The molecule has 21 heavy (non-hydrogen) atoms. The molecule has 0 radical (unpaired) electrons. The maximum atomic E-state index is 12.7. The number of aromatic amines is 1. The molecule has 2 heterocycles. The number of nitrogens with one attached hydrogen (secondary N) is 1. The molecule has 0 saturated carbocycles. The van der Waals surface area contributed by atoms with E-state index in [1.807, 2.05) is 43.3 Å². The van der Waals surface area contributed by atoms with Crippen LogP contribution in [0.5, 0.6) is 0 Å². The lowest BCUT2D eigenvalue weighted by Gasteiger charge is -2.11. The Morgan fingerprint density at radius 2 is 2.05 bits per heavy atom. The lowest BCUT2D eigenvalue weighted by Crippen LogP contribution is -2.23. The van der Waals surface area contributed by atoms with Gasteiger partial charge >= 0.3 is 0 Å². The van der Waals surface area contributed by atoms with Crippen LogP contribution in [0.25, 0.3) is 22.4 Å². The minimum Gasteiger partial charge on any atom is -0.396 e. The number of hydrogen-bond donors (Lipinski definition) is 2. The van der Waals surface area contributed by atoms with Crippen molar-refractivity contribution in [1.82, 2.24) is 14.5 Å². The van der Waals surface area contributed by atoms with E-state index in [0.717, 1.165) is 11.3 Å². The number of aryl methyl sites for hydroxylation is 1. The predicted molar refractivity (Wildman–Crippen MR) is 82.2 cm³/mol.